The fraction of sp³-hybridized carbons (Fsp3) is 0.0500. The Morgan fingerprint density at radius 2 is 1.68 bits per heavy atom. The van der Waals surface area contributed by atoms with Crippen LogP contribution in [-0.2, 0) is 0 Å². The van der Waals surface area contributed by atoms with E-state index in [0.29, 0.717) is 33.5 Å². The Morgan fingerprint density at radius 1 is 0.893 bits per heavy atom. The van der Waals surface area contributed by atoms with E-state index in [-0.39, 0.29) is 18.4 Å². The molecule has 0 saturated heterocycles. The average molecular weight is 396 g/mol. The van der Waals surface area contributed by atoms with Crippen molar-refractivity contribution in [2.45, 2.75) is 0 Å². The van der Waals surface area contributed by atoms with E-state index in [1.54, 1.807) is 42.5 Å². The number of carbonyl (C=O) groups excluding carboxylic acids is 2. The molecule has 1 aliphatic rings. The van der Waals surface area contributed by atoms with Gasteiger partial charge in [0.25, 0.3) is 11.8 Å². The van der Waals surface area contributed by atoms with Crippen molar-refractivity contribution in [2.75, 3.05) is 17.4 Å². The van der Waals surface area contributed by atoms with E-state index in [1.165, 1.54) is 18.3 Å². The van der Waals surface area contributed by atoms with Crippen molar-refractivity contribution >= 4 is 34.8 Å². The number of nitrogens with one attached hydrogen (secondary N) is 2. The van der Waals surface area contributed by atoms with Gasteiger partial charge in [0.2, 0.25) is 6.79 Å². The van der Waals surface area contributed by atoms with Crippen LogP contribution in [0.4, 0.5) is 11.4 Å². The highest BCUT2D eigenvalue weighted by molar-refractivity contribution is 6.31. The summed E-state index contributed by atoms with van der Waals surface area (Å²) in [5.74, 6) is 0.356. The number of benzene rings is 2. The molecule has 140 valence electrons. The normalized spacial score (nSPS) is 11.8. The fourth-order valence-corrected chi connectivity index (χ4v) is 2.83. The molecule has 4 rings (SSSR count). The van der Waals surface area contributed by atoms with Crippen LogP contribution in [0.5, 0.6) is 11.5 Å². The summed E-state index contributed by atoms with van der Waals surface area (Å²) >= 11 is 5.92. The van der Waals surface area contributed by atoms with Gasteiger partial charge in [0.1, 0.15) is 5.69 Å². The van der Waals surface area contributed by atoms with Crippen LogP contribution in [-0.4, -0.2) is 23.6 Å². The van der Waals surface area contributed by atoms with Crippen LogP contribution < -0.4 is 20.1 Å². The lowest BCUT2D eigenvalue weighted by atomic mass is 10.2. The van der Waals surface area contributed by atoms with Crippen molar-refractivity contribution in [2.24, 2.45) is 0 Å². The first-order valence-corrected chi connectivity index (χ1v) is 8.70. The third-order valence-corrected chi connectivity index (χ3v) is 4.20. The van der Waals surface area contributed by atoms with E-state index in [1.807, 2.05) is 0 Å². The quantitative estimate of drug-likeness (QED) is 0.697. The standard InChI is InChI=1S/C20H14ClN3O4/c21-13-2-1-3-14(9-13)23-19(25)12-6-7-22-16(8-12)20(26)24-15-4-5-17-18(10-15)28-11-27-17/h1-10H,11H2,(H,23,25)(H,24,26). The second-order valence-corrected chi connectivity index (χ2v) is 6.35. The molecule has 0 radical (unpaired) electrons. The van der Waals surface area contributed by atoms with Gasteiger partial charge in [0.15, 0.2) is 11.5 Å². The number of carbonyl (C=O) groups is 2. The van der Waals surface area contributed by atoms with Crippen LogP contribution in [0.25, 0.3) is 0 Å². The van der Waals surface area contributed by atoms with Gasteiger partial charge in [-0.05, 0) is 42.5 Å². The first-order chi connectivity index (χ1) is 13.6. The number of hydrogen-bond donors (Lipinski definition) is 2. The summed E-state index contributed by atoms with van der Waals surface area (Å²) in [6.07, 6.45) is 1.40. The Kier molecular flexibility index (Phi) is 4.82. The first kappa shape index (κ1) is 17.8. The molecule has 0 aliphatic carbocycles. The minimum Gasteiger partial charge on any atom is -0.454 e. The maximum absolute atomic E-state index is 12.5. The van der Waals surface area contributed by atoms with Crippen molar-refractivity contribution in [1.82, 2.24) is 4.98 Å². The second-order valence-electron chi connectivity index (χ2n) is 5.92. The Hall–Kier alpha value is -3.58. The summed E-state index contributed by atoms with van der Waals surface area (Å²) in [4.78, 5) is 29.0. The molecule has 28 heavy (non-hydrogen) atoms. The Morgan fingerprint density at radius 3 is 2.54 bits per heavy atom. The summed E-state index contributed by atoms with van der Waals surface area (Å²) in [5, 5.41) is 5.97. The zero-order valence-electron chi connectivity index (χ0n) is 14.4. The smallest absolute Gasteiger partial charge is 0.274 e. The fourth-order valence-electron chi connectivity index (χ4n) is 2.63. The SMILES string of the molecule is O=C(Nc1cccc(Cl)c1)c1ccnc(C(=O)Nc2ccc3c(c2)OCO3)c1. The first-order valence-electron chi connectivity index (χ1n) is 8.32. The minimum absolute atomic E-state index is 0.108. The Labute approximate surface area is 165 Å². The van der Waals surface area contributed by atoms with Crippen LogP contribution in [0.1, 0.15) is 20.8 Å². The van der Waals surface area contributed by atoms with Crippen LogP contribution in [0.15, 0.2) is 60.8 Å². The van der Waals surface area contributed by atoms with Gasteiger partial charge >= 0.3 is 0 Å². The summed E-state index contributed by atoms with van der Waals surface area (Å²) in [6.45, 7) is 0.151. The summed E-state index contributed by atoms with van der Waals surface area (Å²) < 4.78 is 10.5. The molecule has 0 unspecified atom stereocenters. The van der Waals surface area contributed by atoms with Gasteiger partial charge < -0.3 is 20.1 Å². The highest BCUT2D eigenvalue weighted by atomic mass is 35.5. The molecule has 0 bridgehead atoms. The molecule has 0 atom stereocenters. The predicted octanol–water partition coefficient (Wildman–Crippen LogP) is 3.97. The lowest BCUT2D eigenvalue weighted by molar-refractivity contribution is 0.102. The summed E-state index contributed by atoms with van der Waals surface area (Å²) in [6, 6.07) is 14.8. The third-order valence-electron chi connectivity index (χ3n) is 3.97. The van der Waals surface area contributed by atoms with Gasteiger partial charge in [-0.3, -0.25) is 14.6 Å². The van der Waals surface area contributed by atoms with E-state index in [2.05, 4.69) is 15.6 Å². The van der Waals surface area contributed by atoms with Crippen LogP contribution in [0.3, 0.4) is 0 Å². The molecule has 0 saturated carbocycles. The van der Waals surface area contributed by atoms with Gasteiger partial charge in [-0.15, -0.1) is 0 Å². The monoisotopic (exact) mass is 395 g/mol. The number of rotatable bonds is 4. The van der Waals surface area contributed by atoms with Crippen LogP contribution in [0.2, 0.25) is 5.02 Å². The van der Waals surface area contributed by atoms with Crippen molar-refractivity contribution in [3.05, 3.63) is 77.1 Å². The van der Waals surface area contributed by atoms with E-state index >= 15 is 0 Å². The number of halogens is 1. The zero-order chi connectivity index (χ0) is 19.5. The van der Waals surface area contributed by atoms with Gasteiger partial charge in [0.05, 0.1) is 0 Å². The molecule has 1 aliphatic heterocycles. The average Bonchev–Trinajstić information content (AvgIpc) is 3.16. The van der Waals surface area contributed by atoms with Gasteiger partial charge in [0, 0.05) is 34.2 Å². The number of aromatic nitrogens is 1. The van der Waals surface area contributed by atoms with Crippen molar-refractivity contribution in [3.63, 3.8) is 0 Å². The highest BCUT2D eigenvalue weighted by Crippen LogP contribution is 2.34. The lowest BCUT2D eigenvalue weighted by Crippen LogP contribution is -2.17. The molecule has 2 heterocycles. The van der Waals surface area contributed by atoms with E-state index in [0.717, 1.165) is 0 Å². The molecule has 7 nitrogen and oxygen atoms in total. The van der Waals surface area contributed by atoms with Gasteiger partial charge in [-0.25, -0.2) is 0 Å². The third kappa shape index (κ3) is 3.89. The van der Waals surface area contributed by atoms with Crippen molar-refractivity contribution in [1.29, 1.82) is 0 Å². The van der Waals surface area contributed by atoms with Crippen LogP contribution in [0, 0.1) is 0 Å². The Bertz CT molecular complexity index is 1070. The molecule has 2 N–H and O–H groups in total. The molecule has 0 spiro atoms. The highest BCUT2D eigenvalue weighted by Gasteiger charge is 2.16. The molecule has 1 aromatic heterocycles. The van der Waals surface area contributed by atoms with E-state index < -0.39 is 5.91 Å². The second kappa shape index (κ2) is 7.58. The maximum Gasteiger partial charge on any atom is 0.274 e. The van der Waals surface area contributed by atoms with Crippen molar-refractivity contribution < 1.29 is 19.1 Å². The number of hydrogen-bond acceptors (Lipinski definition) is 5. The number of ether oxygens (including phenoxy) is 2. The number of pyridine rings is 1. The summed E-state index contributed by atoms with van der Waals surface area (Å²) in [7, 11) is 0. The molecule has 2 amide bonds. The number of nitrogens with zero attached hydrogens (tertiary/aromatic N) is 1. The number of anilines is 2. The molecule has 0 fully saturated rings. The maximum atomic E-state index is 12.5. The Balaban J connectivity index is 1.48. The summed E-state index contributed by atoms with van der Waals surface area (Å²) in [5.41, 5.74) is 1.49. The van der Waals surface area contributed by atoms with Gasteiger partial charge in [-0.2, -0.15) is 0 Å². The molecule has 8 heteroatoms. The van der Waals surface area contributed by atoms with E-state index in [9.17, 15) is 9.59 Å². The minimum atomic E-state index is -0.448. The van der Waals surface area contributed by atoms with Crippen LogP contribution >= 0.6 is 11.6 Å². The molecule has 3 aromatic rings. The van der Waals surface area contributed by atoms with Crippen molar-refractivity contribution in [3.8, 4) is 11.5 Å². The van der Waals surface area contributed by atoms with Gasteiger partial charge in [-0.1, -0.05) is 17.7 Å². The number of fused-ring (bicyclic) bond motifs is 1. The zero-order valence-corrected chi connectivity index (χ0v) is 15.2. The molecular weight excluding hydrogens is 382 g/mol. The largest absolute Gasteiger partial charge is 0.454 e. The predicted molar refractivity (Wildman–Crippen MR) is 104 cm³/mol. The topological polar surface area (TPSA) is 89.6 Å². The van der Waals surface area contributed by atoms with E-state index in [4.69, 9.17) is 21.1 Å². The lowest BCUT2D eigenvalue weighted by Gasteiger charge is -2.08. The molecular formula is C20H14ClN3O4. The molecule has 2 aromatic carbocycles. The number of amides is 2.